The summed E-state index contributed by atoms with van der Waals surface area (Å²) in [4.78, 5) is 24.6. The van der Waals surface area contributed by atoms with Crippen LogP contribution in [0.15, 0.2) is 59.5 Å². The Labute approximate surface area is 323 Å². The third-order valence-corrected chi connectivity index (χ3v) is 10.3. The molecular formula is C39H53N5O10S. The van der Waals surface area contributed by atoms with Gasteiger partial charge in [0.05, 0.1) is 51.5 Å². The second kappa shape index (κ2) is 19.7. The highest BCUT2D eigenvalue weighted by atomic mass is 32.2. The predicted molar refractivity (Wildman–Crippen MR) is 206 cm³/mol. The van der Waals surface area contributed by atoms with Gasteiger partial charge in [-0.2, -0.15) is 4.31 Å². The molecule has 0 saturated carbocycles. The fourth-order valence-electron chi connectivity index (χ4n) is 5.72. The van der Waals surface area contributed by atoms with E-state index in [1.54, 1.807) is 58.7 Å². The smallest absolute Gasteiger partial charge is 0.407 e. The SMILES string of the molecule is CCOC(=O)CC(c1ccc(C)c(CN(C)S(=O)(=O)c2ccc(OCCOCCOCCNC(=O)OC(C)(C)C)cc2)c1)c1cc(OC)c2c(c1)nnn2C. The van der Waals surface area contributed by atoms with Crippen LogP contribution in [0, 0.1) is 6.92 Å². The van der Waals surface area contributed by atoms with Gasteiger partial charge in [0, 0.05) is 33.1 Å². The molecule has 1 heterocycles. The molecule has 300 valence electrons. The molecule has 1 aromatic heterocycles. The minimum Gasteiger partial charge on any atom is -0.494 e. The van der Waals surface area contributed by atoms with E-state index in [2.05, 4.69) is 15.6 Å². The number of hydrogen-bond acceptors (Lipinski definition) is 12. The van der Waals surface area contributed by atoms with E-state index in [-0.39, 0.29) is 37.0 Å². The Bertz CT molecular complexity index is 1990. The van der Waals surface area contributed by atoms with E-state index in [4.69, 9.17) is 28.4 Å². The molecule has 1 amide bonds. The number of hydrogen-bond donors (Lipinski definition) is 1. The Kier molecular flexibility index (Phi) is 15.4. The van der Waals surface area contributed by atoms with Crippen LogP contribution in [0.4, 0.5) is 4.79 Å². The highest BCUT2D eigenvalue weighted by molar-refractivity contribution is 7.89. The van der Waals surface area contributed by atoms with E-state index in [0.29, 0.717) is 50.0 Å². The molecule has 1 unspecified atom stereocenters. The number of rotatable bonds is 20. The zero-order chi connectivity index (χ0) is 40.2. The summed E-state index contributed by atoms with van der Waals surface area (Å²) in [7, 11) is 1.02. The normalized spacial score (nSPS) is 12.5. The fraction of sp³-hybridized carbons (Fsp3) is 0.487. The molecule has 0 bridgehead atoms. The van der Waals surface area contributed by atoms with Gasteiger partial charge in [-0.15, -0.1) is 5.10 Å². The lowest BCUT2D eigenvalue weighted by molar-refractivity contribution is -0.143. The summed E-state index contributed by atoms with van der Waals surface area (Å²) < 4.78 is 63.1. The predicted octanol–water partition coefficient (Wildman–Crippen LogP) is 5.13. The van der Waals surface area contributed by atoms with Crippen molar-refractivity contribution in [2.75, 3.05) is 60.3 Å². The van der Waals surface area contributed by atoms with Crippen LogP contribution in [0.1, 0.15) is 62.3 Å². The van der Waals surface area contributed by atoms with Crippen LogP contribution in [0.3, 0.4) is 0 Å². The van der Waals surface area contributed by atoms with Crippen molar-refractivity contribution in [1.29, 1.82) is 0 Å². The van der Waals surface area contributed by atoms with Crippen molar-refractivity contribution in [3.63, 3.8) is 0 Å². The fourth-order valence-corrected chi connectivity index (χ4v) is 6.87. The van der Waals surface area contributed by atoms with Crippen LogP contribution in [0.25, 0.3) is 11.0 Å². The molecule has 4 rings (SSSR count). The molecule has 0 saturated heterocycles. The molecule has 15 nitrogen and oxygen atoms in total. The van der Waals surface area contributed by atoms with Crippen molar-refractivity contribution in [3.05, 3.63) is 76.9 Å². The molecule has 0 aliphatic rings. The average molecular weight is 784 g/mol. The highest BCUT2D eigenvalue weighted by Gasteiger charge is 2.25. The number of ether oxygens (including phenoxy) is 6. The van der Waals surface area contributed by atoms with E-state index in [9.17, 15) is 18.0 Å². The number of alkyl carbamates (subject to hydrolysis) is 1. The molecule has 0 aliphatic carbocycles. The molecule has 16 heteroatoms. The Hall–Kier alpha value is -4.77. The van der Waals surface area contributed by atoms with Crippen LogP contribution in [-0.4, -0.2) is 106 Å². The number of esters is 1. The highest BCUT2D eigenvalue weighted by Crippen LogP contribution is 2.36. The monoisotopic (exact) mass is 783 g/mol. The molecule has 4 aromatic rings. The van der Waals surface area contributed by atoms with Gasteiger partial charge in [0.2, 0.25) is 10.0 Å². The van der Waals surface area contributed by atoms with Crippen molar-refractivity contribution in [3.8, 4) is 11.5 Å². The van der Waals surface area contributed by atoms with Gasteiger partial charge < -0.3 is 33.7 Å². The number of fused-ring (bicyclic) bond motifs is 1. The first kappa shape index (κ1) is 43.0. The van der Waals surface area contributed by atoms with Crippen LogP contribution >= 0.6 is 0 Å². The van der Waals surface area contributed by atoms with Crippen LogP contribution in [-0.2, 0) is 47.4 Å². The number of carbonyl (C=O) groups is 2. The summed E-state index contributed by atoms with van der Waals surface area (Å²) in [6, 6.07) is 15.8. The van der Waals surface area contributed by atoms with Crippen LogP contribution < -0.4 is 14.8 Å². The molecule has 1 atom stereocenters. The first-order chi connectivity index (χ1) is 26.1. The zero-order valence-electron chi connectivity index (χ0n) is 32.9. The zero-order valence-corrected chi connectivity index (χ0v) is 33.7. The van der Waals surface area contributed by atoms with E-state index in [1.165, 1.54) is 23.5 Å². The number of benzene rings is 3. The van der Waals surface area contributed by atoms with E-state index >= 15 is 0 Å². The standard InChI is InChI=1S/C39H53N5O10S/c1-9-52-36(45)25-33(29-23-34-37(35(24-29)49-8)44(7)42-41-34)28-11-10-27(2)30(22-28)26-43(6)55(47,48)32-14-12-31(13-15-32)53-21-20-51-19-18-50-17-16-40-38(46)54-39(3,4)5/h10-15,22-24,33H,9,16-21,25-26H2,1-8H3,(H,40,46). The lowest BCUT2D eigenvalue weighted by Crippen LogP contribution is -2.34. The number of methoxy groups -OCH3 is 1. The van der Waals surface area contributed by atoms with Gasteiger partial charge in [0.25, 0.3) is 0 Å². The summed E-state index contributed by atoms with van der Waals surface area (Å²) in [5.74, 6) is 0.288. The van der Waals surface area contributed by atoms with Crippen molar-refractivity contribution in [1.82, 2.24) is 24.6 Å². The summed E-state index contributed by atoms with van der Waals surface area (Å²) in [6.45, 7) is 11.3. The van der Waals surface area contributed by atoms with Gasteiger partial charge in [0.15, 0.2) is 0 Å². The van der Waals surface area contributed by atoms with E-state index in [1.807, 2.05) is 37.3 Å². The number of nitrogens with one attached hydrogen (secondary N) is 1. The van der Waals surface area contributed by atoms with Gasteiger partial charge in [-0.3, -0.25) is 4.79 Å². The number of nitrogens with zero attached hydrogens (tertiary/aromatic N) is 4. The van der Waals surface area contributed by atoms with Gasteiger partial charge in [-0.1, -0.05) is 23.4 Å². The van der Waals surface area contributed by atoms with Gasteiger partial charge in [-0.05, 0) is 93.3 Å². The van der Waals surface area contributed by atoms with Crippen molar-refractivity contribution < 1.29 is 46.4 Å². The summed E-state index contributed by atoms with van der Waals surface area (Å²) >= 11 is 0. The number of aromatic nitrogens is 3. The van der Waals surface area contributed by atoms with Gasteiger partial charge >= 0.3 is 12.1 Å². The largest absolute Gasteiger partial charge is 0.494 e. The molecule has 1 N–H and O–H groups in total. The third-order valence-electron chi connectivity index (χ3n) is 8.47. The number of sulfonamides is 1. The quantitative estimate of drug-likeness (QED) is 0.0928. The van der Waals surface area contributed by atoms with Crippen LogP contribution in [0.5, 0.6) is 11.5 Å². The van der Waals surface area contributed by atoms with E-state index < -0.39 is 27.6 Å². The summed E-state index contributed by atoms with van der Waals surface area (Å²) in [5, 5.41) is 11.0. The maximum Gasteiger partial charge on any atom is 0.407 e. The maximum absolute atomic E-state index is 13.7. The molecule has 55 heavy (non-hydrogen) atoms. The Balaban J connectivity index is 1.33. The molecule has 0 fully saturated rings. The molecular weight excluding hydrogens is 731 g/mol. The van der Waals surface area contributed by atoms with Gasteiger partial charge in [-0.25, -0.2) is 17.9 Å². The summed E-state index contributed by atoms with van der Waals surface area (Å²) in [5.41, 5.74) is 4.09. The number of amides is 1. The maximum atomic E-state index is 13.7. The Morgan fingerprint density at radius 3 is 2.31 bits per heavy atom. The van der Waals surface area contributed by atoms with E-state index in [0.717, 1.165) is 27.8 Å². The topological polar surface area (TPSA) is 170 Å². The lowest BCUT2D eigenvalue weighted by atomic mass is 9.86. The minimum atomic E-state index is -3.87. The molecule has 0 radical (unpaired) electrons. The number of carbonyl (C=O) groups excluding carboxylic acids is 2. The van der Waals surface area contributed by atoms with Crippen molar-refractivity contribution >= 4 is 33.1 Å². The average Bonchev–Trinajstić information content (AvgIpc) is 3.51. The molecule has 0 spiro atoms. The first-order valence-corrected chi connectivity index (χ1v) is 19.5. The number of aryl methyl sites for hydroxylation is 2. The second-order valence-corrected chi connectivity index (χ2v) is 15.8. The molecule has 0 aliphatic heterocycles. The second-order valence-electron chi connectivity index (χ2n) is 13.8. The third kappa shape index (κ3) is 12.4. The lowest BCUT2D eigenvalue weighted by Gasteiger charge is -2.22. The molecule has 3 aromatic carbocycles. The Morgan fingerprint density at radius 1 is 0.945 bits per heavy atom. The first-order valence-electron chi connectivity index (χ1n) is 18.1. The van der Waals surface area contributed by atoms with Gasteiger partial charge in [0.1, 0.15) is 34.7 Å². The summed E-state index contributed by atoms with van der Waals surface area (Å²) in [6.07, 6.45) is -0.431. The van der Waals surface area contributed by atoms with Crippen molar-refractivity contribution in [2.45, 2.75) is 64.0 Å². The van der Waals surface area contributed by atoms with Crippen LogP contribution in [0.2, 0.25) is 0 Å². The minimum absolute atomic E-state index is 0.0605. The Morgan fingerprint density at radius 2 is 1.64 bits per heavy atom. The van der Waals surface area contributed by atoms with Crippen molar-refractivity contribution in [2.24, 2.45) is 7.05 Å².